The molecule has 3 aromatic rings. The summed E-state index contributed by atoms with van der Waals surface area (Å²) in [6.07, 6.45) is -9.45. The zero-order valence-electron chi connectivity index (χ0n) is 15.8. The number of aliphatic carboxylic acids is 1. The van der Waals surface area contributed by atoms with Crippen molar-refractivity contribution in [3.63, 3.8) is 0 Å². The average Bonchev–Trinajstić information content (AvgIpc) is 2.75. The van der Waals surface area contributed by atoms with Crippen molar-refractivity contribution in [3.8, 4) is 22.8 Å². The number of carbonyl (C=O) groups is 1. The molecular formula is C21H18O10. The quantitative estimate of drug-likeness (QED) is 0.392. The van der Waals surface area contributed by atoms with Crippen molar-refractivity contribution in [2.24, 2.45) is 0 Å². The van der Waals surface area contributed by atoms with Crippen LogP contribution >= 0.6 is 0 Å². The molecule has 5 N–H and O–H groups in total. The summed E-state index contributed by atoms with van der Waals surface area (Å²) in [6.45, 7) is 0. The monoisotopic (exact) mass is 430 g/mol. The van der Waals surface area contributed by atoms with Crippen molar-refractivity contribution in [1.82, 2.24) is 0 Å². The van der Waals surface area contributed by atoms with Gasteiger partial charge in [0.25, 0.3) is 0 Å². The van der Waals surface area contributed by atoms with E-state index in [1.807, 2.05) is 0 Å². The number of hydrogen-bond donors (Lipinski definition) is 5. The van der Waals surface area contributed by atoms with Crippen LogP contribution in [0.4, 0.5) is 0 Å². The van der Waals surface area contributed by atoms with Crippen LogP contribution in [0.25, 0.3) is 22.3 Å². The van der Waals surface area contributed by atoms with E-state index in [-0.39, 0.29) is 22.5 Å². The van der Waals surface area contributed by atoms with Gasteiger partial charge in [0.1, 0.15) is 35.0 Å². The number of rotatable bonds is 4. The smallest absolute Gasteiger partial charge is 0.335 e. The van der Waals surface area contributed by atoms with Crippen LogP contribution in [0.15, 0.2) is 57.7 Å². The minimum atomic E-state index is -1.92. The van der Waals surface area contributed by atoms with Gasteiger partial charge in [-0.05, 0) is 12.1 Å². The number of phenolic OH excluding ortho intramolecular Hbond substituents is 1. The molecule has 1 aliphatic heterocycles. The standard InChI is InChI=1S/C21H18O10/c22-10-7-4-8-11-12(10)13(23)18(17(29-11)9-5-2-1-3-6-9)30-21-16(26)14(24)15(25)19(31-21)20(27)28/h1-8,14-16,19,21-22,24-26H,(H,27,28)/t14-,15-,16+,19-,21+/m0/s1. The first-order valence-electron chi connectivity index (χ1n) is 9.23. The third-order valence-corrected chi connectivity index (χ3v) is 4.94. The molecule has 10 nitrogen and oxygen atoms in total. The predicted molar refractivity (Wildman–Crippen MR) is 105 cm³/mol. The topological polar surface area (TPSA) is 167 Å². The van der Waals surface area contributed by atoms with E-state index in [1.54, 1.807) is 30.3 Å². The van der Waals surface area contributed by atoms with E-state index in [9.17, 15) is 35.1 Å². The Hall–Kier alpha value is -3.44. The number of aromatic hydroxyl groups is 1. The number of hydrogen-bond acceptors (Lipinski definition) is 9. The lowest BCUT2D eigenvalue weighted by atomic mass is 9.99. The molecular weight excluding hydrogens is 412 g/mol. The Bertz CT molecular complexity index is 1170. The Morgan fingerprint density at radius 2 is 1.65 bits per heavy atom. The molecule has 0 aliphatic carbocycles. The van der Waals surface area contributed by atoms with Crippen molar-refractivity contribution >= 4 is 16.9 Å². The molecule has 31 heavy (non-hydrogen) atoms. The van der Waals surface area contributed by atoms with E-state index < -0.39 is 47.9 Å². The third-order valence-electron chi connectivity index (χ3n) is 4.94. The molecule has 10 heteroatoms. The van der Waals surface area contributed by atoms with Crippen LogP contribution in [0.3, 0.4) is 0 Å². The number of aliphatic hydroxyl groups is 3. The second kappa shape index (κ2) is 8.00. The molecule has 1 saturated heterocycles. The fourth-order valence-electron chi connectivity index (χ4n) is 3.36. The predicted octanol–water partition coefficient (Wildman–Crippen LogP) is 0.437. The summed E-state index contributed by atoms with van der Waals surface area (Å²) in [4.78, 5) is 24.5. The zero-order valence-corrected chi connectivity index (χ0v) is 15.8. The Kier molecular flexibility index (Phi) is 5.38. The van der Waals surface area contributed by atoms with Gasteiger partial charge in [0, 0.05) is 5.56 Å². The maximum atomic E-state index is 13.2. The van der Waals surface area contributed by atoms with Gasteiger partial charge in [-0.1, -0.05) is 36.4 Å². The first kappa shape index (κ1) is 20.8. The molecule has 0 saturated carbocycles. The molecule has 1 aliphatic rings. The van der Waals surface area contributed by atoms with Crippen LogP contribution < -0.4 is 10.2 Å². The third kappa shape index (κ3) is 3.62. The first-order chi connectivity index (χ1) is 14.8. The van der Waals surface area contributed by atoms with Gasteiger partial charge in [-0.2, -0.15) is 0 Å². The average molecular weight is 430 g/mol. The summed E-state index contributed by atoms with van der Waals surface area (Å²) in [7, 11) is 0. The number of ether oxygens (including phenoxy) is 2. The Morgan fingerprint density at radius 3 is 2.32 bits per heavy atom. The van der Waals surface area contributed by atoms with Crippen molar-refractivity contribution in [3.05, 3.63) is 58.8 Å². The Balaban J connectivity index is 1.86. The Labute approximate surface area is 174 Å². The minimum absolute atomic E-state index is 0.0630. The van der Waals surface area contributed by atoms with Gasteiger partial charge in [-0.15, -0.1) is 0 Å². The molecule has 2 heterocycles. The maximum absolute atomic E-state index is 13.2. The van der Waals surface area contributed by atoms with Crippen molar-refractivity contribution in [1.29, 1.82) is 0 Å². The van der Waals surface area contributed by atoms with Crippen molar-refractivity contribution in [2.75, 3.05) is 0 Å². The molecule has 0 amide bonds. The highest BCUT2D eigenvalue weighted by atomic mass is 16.7. The molecule has 0 spiro atoms. The lowest BCUT2D eigenvalue weighted by Crippen LogP contribution is -2.61. The maximum Gasteiger partial charge on any atom is 0.335 e. The van der Waals surface area contributed by atoms with E-state index in [0.717, 1.165) is 0 Å². The van der Waals surface area contributed by atoms with Gasteiger partial charge in [0.05, 0.1) is 0 Å². The highest BCUT2D eigenvalue weighted by Crippen LogP contribution is 2.35. The highest BCUT2D eigenvalue weighted by molar-refractivity contribution is 5.87. The van der Waals surface area contributed by atoms with Gasteiger partial charge in [-0.3, -0.25) is 4.79 Å². The lowest BCUT2D eigenvalue weighted by Gasteiger charge is -2.38. The summed E-state index contributed by atoms with van der Waals surface area (Å²) in [5.41, 5.74) is -0.317. The van der Waals surface area contributed by atoms with Crippen LogP contribution in [0.5, 0.6) is 11.5 Å². The fraction of sp³-hybridized carbons (Fsp3) is 0.238. The van der Waals surface area contributed by atoms with Gasteiger partial charge in [0.15, 0.2) is 11.9 Å². The summed E-state index contributed by atoms with van der Waals surface area (Å²) < 4.78 is 16.4. The summed E-state index contributed by atoms with van der Waals surface area (Å²) in [5.74, 6) is -2.51. The second-order valence-corrected chi connectivity index (χ2v) is 6.96. The summed E-state index contributed by atoms with van der Waals surface area (Å²) in [6, 6.07) is 12.6. The van der Waals surface area contributed by atoms with Crippen LogP contribution in [0.2, 0.25) is 0 Å². The van der Waals surface area contributed by atoms with Gasteiger partial charge in [0.2, 0.25) is 17.5 Å². The van der Waals surface area contributed by atoms with Crippen molar-refractivity contribution < 1.29 is 44.2 Å². The largest absolute Gasteiger partial charge is 0.507 e. The number of aliphatic hydroxyl groups excluding tert-OH is 3. The highest BCUT2D eigenvalue weighted by Gasteiger charge is 2.48. The number of phenols is 1. The van der Waals surface area contributed by atoms with Crippen LogP contribution in [0.1, 0.15) is 0 Å². The van der Waals surface area contributed by atoms with Gasteiger partial charge >= 0.3 is 5.97 Å². The number of carboxylic acids is 1. The number of carboxylic acid groups (broad SMARTS) is 1. The van der Waals surface area contributed by atoms with E-state index in [1.165, 1.54) is 18.2 Å². The van der Waals surface area contributed by atoms with Crippen LogP contribution in [-0.4, -0.2) is 62.2 Å². The molecule has 162 valence electrons. The molecule has 2 aromatic carbocycles. The van der Waals surface area contributed by atoms with Gasteiger partial charge < -0.3 is 39.4 Å². The lowest BCUT2D eigenvalue weighted by molar-refractivity contribution is -0.271. The zero-order chi connectivity index (χ0) is 22.3. The molecule has 5 atom stereocenters. The van der Waals surface area contributed by atoms with E-state index in [2.05, 4.69) is 0 Å². The summed E-state index contributed by atoms with van der Waals surface area (Å²) in [5, 5.41) is 49.3. The molecule has 0 unspecified atom stereocenters. The molecule has 1 fully saturated rings. The number of fused-ring (bicyclic) bond motifs is 1. The van der Waals surface area contributed by atoms with Crippen LogP contribution in [-0.2, 0) is 9.53 Å². The first-order valence-corrected chi connectivity index (χ1v) is 9.23. The molecule has 1 aromatic heterocycles. The molecule has 0 bridgehead atoms. The van der Waals surface area contributed by atoms with E-state index >= 15 is 0 Å². The van der Waals surface area contributed by atoms with E-state index in [0.29, 0.717) is 5.56 Å². The van der Waals surface area contributed by atoms with Gasteiger partial charge in [-0.25, -0.2) is 4.79 Å². The fourth-order valence-corrected chi connectivity index (χ4v) is 3.36. The van der Waals surface area contributed by atoms with Crippen LogP contribution in [0, 0.1) is 0 Å². The number of benzene rings is 2. The minimum Gasteiger partial charge on any atom is -0.507 e. The van der Waals surface area contributed by atoms with Crippen molar-refractivity contribution in [2.45, 2.75) is 30.7 Å². The SMILES string of the molecule is O=C(O)[C@H]1O[C@@H](Oc2c(-c3ccccc3)oc3cccc(O)c3c2=O)[C@H](O)[C@@H](O)[C@@H]1O. The molecule has 0 radical (unpaired) electrons. The summed E-state index contributed by atoms with van der Waals surface area (Å²) >= 11 is 0. The Morgan fingerprint density at radius 1 is 0.935 bits per heavy atom. The second-order valence-electron chi connectivity index (χ2n) is 6.96. The van der Waals surface area contributed by atoms with E-state index in [4.69, 9.17) is 13.9 Å². The molecule has 4 rings (SSSR count). The normalized spacial score (nSPS) is 26.0.